The molecule has 1 aromatic carbocycles. The van der Waals surface area contributed by atoms with Crippen LogP contribution in [0.1, 0.15) is 44.7 Å². The Kier molecular flexibility index (Phi) is 3.92. The standard InChI is InChI=1S/C14H23N/c1-11(14(2,3)4)13-7-5-12(6-8-13)9-10-15/h5-8,11H,9-10,15H2,1-4H3. The van der Waals surface area contributed by atoms with Crippen molar-refractivity contribution in [2.24, 2.45) is 11.1 Å². The maximum Gasteiger partial charge on any atom is -0.00367 e. The smallest absolute Gasteiger partial charge is 0.00367 e. The molecule has 2 N–H and O–H groups in total. The van der Waals surface area contributed by atoms with Gasteiger partial charge in [-0.25, -0.2) is 0 Å². The highest BCUT2D eigenvalue weighted by Gasteiger charge is 2.21. The van der Waals surface area contributed by atoms with Crippen LogP contribution in [0.4, 0.5) is 0 Å². The number of benzene rings is 1. The fourth-order valence-corrected chi connectivity index (χ4v) is 1.64. The second-order valence-electron chi connectivity index (χ2n) is 5.37. The summed E-state index contributed by atoms with van der Waals surface area (Å²) < 4.78 is 0. The molecular weight excluding hydrogens is 182 g/mol. The van der Waals surface area contributed by atoms with E-state index in [0.29, 0.717) is 11.3 Å². The number of rotatable bonds is 3. The summed E-state index contributed by atoms with van der Waals surface area (Å²) in [4.78, 5) is 0. The summed E-state index contributed by atoms with van der Waals surface area (Å²) in [6, 6.07) is 8.87. The van der Waals surface area contributed by atoms with Gasteiger partial charge >= 0.3 is 0 Å². The van der Waals surface area contributed by atoms with Crippen molar-refractivity contribution in [1.29, 1.82) is 0 Å². The molecule has 0 heterocycles. The van der Waals surface area contributed by atoms with Crippen LogP contribution in [0.15, 0.2) is 24.3 Å². The van der Waals surface area contributed by atoms with E-state index < -0.39 is 0 Å². The highest BCUT2D eigenvalue weighted by molar-refractivity contribution is 5.26. The first-order valence-corrected chi connectivity index (χ1v) is 5.74. The first kappa shape index (κ1) is 12.3. The zero-order chi connectivity index (χ0) is 11.5. The van der Waals surface area contributed by atoms with Crippen LogP contribution in [0.3, 0.4) is 0 Å². The van der Waals surface area contributed by atoms with Gasteiger partial charge in [0.15, 0.2) is 0 Å². The highest BCUT2D eigenvalue weighted by Crippen LogP contribution is 2.34. The molecule has 0 aliphatic carbocycles. The van der Waals surface area contributed by atoms with Crippen molar-refractivity contribution >= 4 is 0 Å². The van der Waals surface area contributed by atoms with Crippen molar-refractivity contribution in [1.82, 2.24) is 0 Å². The summed E-state index contributed by atoms with van der Waals surface area (Å²) in [5.74, 6) is 0.587. The van der Waals surface area contributed by atoms with Gasteiger partial charge in [-0.2, -0.15) is 0 Å². The first-order chi connectivity index (χ1) is 6.95. The van der Waals surface area contributed by atoms with Crippen LogP contribution in [-0.2, 0) is 6.42 Å². The molecule has 0 aliphatic heterocycles. The zero-order valence-electron chi connectivity index (χ0n) is 10.4. The molecule has 1 aromatic rings. The van der Waals surface area contributed by atoms with Gasteiger partial charge < -0.3 is 5.73 Å². The number of hydrogen-bond donors (Lipinski definition) is 1. The summed E-state index contributed by atoms with van der Waals surface area (Å²) in [6.45, 7) is 9.87. The third kappa shape index (κ3) is 3.35. The third-order valence-corrected chi connectivity index (χ3v) is 3.21. The molecule has 1 atom stereocenters. The lowest BCUT2D eigenvalue weighted by atomic mass is 9.78. The summed E-state index contributed by atoms with van der Waals surface area (Å²) in [6.07, 6.45) is 0.976. The Bertz CT molecular complexity index is 292. The van der Waals surface area contributed by atoms with Gasteiger partial charge in [0.1, 0.15) is 0 Å². The van der Waals surface area contributed by atoms with Crippen LogP contribution in [0.25, 0.3) is 0 Å². The number of hydrogen-bond acceptors (Lipinski definition) is 1. The maximum absolute atomic E-state index is 5.53. The molecule has 1 heteroatoms. The fraction of sp³-hybridized carbons (Fsp3) is 0.571. The Morgan fingerprint density at radius 1 is 1.13 bits per heavy atom. The molecule has 1 nitrogen and oxygen atoms in total. The van der Waals surface area contributed by atoms with E-state index in [9.17, 15) is 0 Å². The Balaban J connectivity index is 2.80. The summed E-state index contributed by atoms with van der Waals surface area (Å²) >= 11 is 0. The quantitative estimate of drug-likeness (QED) is 0.804. The van der Waals surface area contributed by atoms with E-state index in [4.69, 9.17) is 5.73 Å². The van der Waals surface area contributed by atoms with Crippen molar-refractivity contribution in [3.8, 4) is 0 Å². The topological polar surface area (TPSA) is 26.0 Å². The van der Waals surface area contributed by atoms with Crippen LogP contribution in [0.5, 0.6) is 0 Å². The molecule has 1 unspecified atom stereocenters. The molecule has 0 saturated heterocycles. The van der Waals surface area contributed by atoms with Gasteiger partial charge in [-0.1, -0.05) is 52.0 Å². The molecule has 84 valence electrons. The van der Waals surface area contributed by atoms with E-state index in [-0.39, 0.29) is 0 Å². The average molecular weight is 205 g/mol. The van der Waals surface area contributed by atoms with Crippen LogP contribution in [-0.4, -0.2) is 6.54 Å². The Labute approximate surface area is 93.7 Å². The van der Waals surface area contributed by atoms with Gasteiger partial charge in [-0.05, 0) is 35.4 Å². The minimum absolute atomic E-state index is 0.329. The van der Waals surface area contributed by atoms with Crippen molar-refractivity contribution < 1.29 is 0 Å². The van der Waals surface area contributed by atoms with E-state index >= 15 is 0 Å². The summed E-state index contributed by atoms with van der Waals surface area (Å²) in [7, 11) is 0. The fourth-order valence-electron chi connectivity index (χ4n) is 1.64. The third-order valence-electron chi connectivity index (χ3n) is 3.21. The lowest BCUT2D eigenvalue weighted by Gasteiger charge is -2.27. The monoisotopic (exact) mass is 205 g/mol. The summed E-state index contributed by atoms with van der Waals surface area (Å²) in [5, 5.41) is 0. The second kappa shape index (κ2) is 4.80. The van der Waals surface area contributed by atoms with Gasteiger partial charge in [0, 0.05) is 0 Å². The van der Waals surface area contributed by atoms with Gasteiger partial charge in [-0.15, -0.1) is 0 Å². The predicted octanol–water partition coefficient (Wildman–Crippen LogP) is 3.34. The lowest BCUT2D eigenvalue weighted by molar-refractivity contribution is 0.339. The van der Waals surface area contributed by atoms with Crippen molar-refractivity contribution in [3.05, 3.63) is 35.4 Å². The maximum atomic E-state index is 5.53. The van der Waals surface area contributed by atoms with Crippen molar-refractivity contribution in [2.45, 2.75) is 40.0 Å². The lowest BCUT2D eigenvalue weighted by Crippen LogP contribution is -2.15. The minimum atomic E-state index is 0.329. The van der Waals surface area contributed by atoms with Gasteiger partial charge in [-0.3, -0.25) is 0 Å². The predicted molar refractivity (Wildman–Crippen MR) is 67.1 cm³/mol. The first-order valence-electron chi connectivity index (χ1n) is 5.74. The normalized spacial score (nSPS) is 13.9. The van der Waals surface area contributed by atoms with E-state index in [1.165, 1.54) is 11.1 Å². The average Bonchev–Trinajstić information content (AvgIpc) is 2.17. The molecule has 0 aliphatic rings. The molecule has 0 saturated carbocycles. The van der Waals surface area contributed by atoms with Crippen LogP contribution >= 0.6 is 0 Å². The van der Waals surface area contributed by atoms with E-state index in [2.05, 4.69) is 52.0 Å². The Morgan fingerprint density at radius 3 is 2.07 bits per heavy atom. The highest BCUT2D eigenvalue weighted by atomic mass is 14.5. The number of nitrogens with two attached hydrogens (primary N) is 1. The van der Waals surface area contributed by atoms with Crippen LogP contribution < -0.4 is 5.73 Å². The van der Waals surface area contributed by atoms with Gasteiger partial charge in [0.25, 0.3) is 0 Å². The second-order valence-corrected chi connectivity index (χ2v) is 5.37. The molecular formula is C14H23N. The van der Waals surface area contributed by atoms with E-state index in [0.717, 1.165) is 13.0 Å². The van der Waals surface area contributed by atoms with Crippen LogP contribution in [0.2, 0.25) is 0 Å². The Morgan fingerprint density at radius 2 is 1.67 bits per heavy atom. The van der Waals surface area contributed by atoms with Gasteiger partial charge in [0.05, 0.1) is 0 Å². The zero-order valence-corrected chi connectivity index (χ0v) is 10.4. The van der Waals surface area contributed by atoms with Gasteiger partial charge in [0.2, 0.25) is 0 Å². The minimum Gasteiger partial charge on any atom is -0.330 e. The molecule has 0 aromatic heterocycles. The molecule has 15 heavy (non-hydrogen) atoms. The molecule has 1 rings (SSSR count). The Hall–Kier alpha value is -0.820. The SMILES string of the molecule is CC(c1ccc(CCN)cc1)C(C)(C)C. The van der Waals surface area contributed by atoms with Crippen LogP contribution in [0, 0.1) is 5.41 Å². The molecule has 0 radical (unpaired) electrons. The molecule has 0 bridgehead atoms. The molecule has 0 fully saturated rings. The molecule has 0 amide bonds. The van der Waals surface area contributed by atoms with Crippen molar-refractivity contribution in [2.75, 3.05) is 6.54 Å². The molecule has 0 spiro atoms. The van der Waals surface area contributed by atoms with E-state index in [1.807, 2.05) is 0 Å². The van der Waals surface area contributed by atoms with Crippen molar-refractivity contribution in [3.63, 3.8) is 0 Å². The summed E-state index contributed by atoms with van der Waals surface area (Å²) in [5.41, 5.74) is 8.61. The van der Waals surface area contributed by atoms with E-state index in [1.54, 1.807) is 0 Å². The largest absolute Gasteiger partial charge is 0.330 e.